The summed E-state index contributed by atoms with van der Waals surface area (Å²) >= 11 is 0. The van der Waals surface area contributed by atoms with Gasteiger partial charge >= 0.3 is 11.9 Å². The van der Waals surface area contributed by atoms with Gasteiger partial charge in [-0.1, -0.05) is 24.3 Å². The average Bonchev–Trinajstić information content (AvgIpc) is 2.82. The van der Waals surface area contributed by atoms with E-state index in [-0.39, 0.29) is 12.3 Å². The number of nitrogens with zero attached hydrogens (tertiary/aromatic N) is 1. The first-order chi connectivity index (χ1) is 9.54. The minimum Gasteiger partial charge on any atom is -0.481 e. The van der Waals surface area contributed by atoms with E-state index in [1.165, 1.54) is 6.07 Å². The number of hydrogen-bond donors (Lipinski definition) is 1. The van der Waals surface area contributed by atoms with Crippen LogP contribution in [0.5, 0.6) is 0 Å². The zero-order valence-electron chi connectivity index (χ0n) is 10.2. The lowest BCUT2D eigenvalue weighted by Crippen LogP contribution is -1.99. The van der Waals surface area contributed by atoms with E-state index < -0.39 is 10.9 Å². The van der Waals surface area contributed by atoms with Crippen LogP contribution >= 0.6 is 0 Å². The van der Waals surface area contributed by atoms with Gasteiger partial charge in [0.05, 0.1) is 12.5 Å². The van der Waals surface area contributed by atoms with Crippen LogP contribution in [0.3, 0.4) is 0 Å². The van der Waals surface area contributed by atoms with Crippen molar-refractivity contribution in [3.63, 3.8) is 0 Å². The molecule has 6 heteroatoms. The molecule has 0 aliphatic carbocycles. The second kappa shape index (κ2) is 4.34. The summed E-state index contributed by atoms with van der Waals surface area (Å²) in [6.07, 6.45) is -0.0560. The van der Waals surface area contributed by atoms with E-state index in [4.69, 9.17) is 9.52 Å². The van der Waals surface area contributed by atoms with Crippen LogP contribution in [0.15, 0.2) is 40.8 Å². The minimum absolute atomic E-state index is 0.0560. The average molecular weight is 271 g/mol. The molecule has 0 amide bonds. The summed E-state index contributed by atoms with van der Waals surface area (Å²) in [7, 11) is 0. The molecular weight excluding hydrogens is 262 g/mol. The Kier molecular flexibility index (Phi) is 2.64. The van der Waals surface area contributed by atoms with Crippen molar-refractivity contribution in [3.05, 3.63) is 52.1 Å². The van der Waals surface area contributed by atoms with Crippen LogP contribution in [0.25, 0.3) is 21.7 Å². The van der Waals surface area contributed by atoms with Crippen LogP contribution in [-0.4, -0.2) is 16.0 Å². The van der Waals surface area contributed by atoms with Crippen molar-refractivity contribution < 1.29 is 19.2 Å². The summed E-state index contributed by atoms with van der Waals surface area (Å²) in [6, 6.07) is 10.0. The van der Waals surface area contributed by atoms with Gasteiger partial charge in [0.2, 0.25) is 0 Å². The van der Waals surface area contributed by atoms with Crippen LogP contribution in [0.1, 0.15) is 5.56 Å². The van der Waals surface area contributed by atoms with Gasteiger partial charge in [0, 0.05) is 5.39 Å². The van der Waals surface area contributed by atoms with Gasteiger partial charge in [-0.25, -0.2) is 0 Å². The van der Waals surface area contributed by atoms with E-state index in [1.807, 2.05) is 0 Å². The number of rotatable bonds is 3. The smallest absolute Gasteiger partial charge is 0.434 e. The molecule has 3 rings (SSSR count). The Morgan fingerprint density at radius 1 is 1.20 bits per heavy atom. The maximum Gasteiger partial charge on any atom is 0.434 e. The van der Waals surface area contributed by atoms with Crippen molar-refractivity contribution in [1.29, 1.82) is 0 Å². The summed E-state index contributed by atoms with van der Waals surface area (Å²) in [4.78, 5) is 20.9. The van der Waals surface area contributed by atoms with Crippen molar-refractivity contribution in [3.8, 4) is 0 Å². The molecule has 0 fully saturated rings. The van der Waals surface area contributed by atoms with Crippen molar-refractivity contribution >= 4 is 33.6 Å². The Balaban J connectivity index is 2.21. The number of nitro groups is 1. The first kappa shape index (κ1) is 12.2. The zero-order chi connectivity index (χ0) is 14.3. The van der Waals surface area contributed by atoms with E-state index in [2.05, 4.69) is 0 Å². The van der Waals surface area contributed by atoms with Crippen molar-refractivity contribution in [2.45, 2.75) is 6.42 Å². The number of carboxylic acids is 1. The molecular formula is C14H9NO5. The lowest BCUT2D eigenvalue weighted by Gasteiger charge is -2.02. The quantitative estimate of drug-likeness (QED) is 0.583. The number of hydrogen-bond acceptors (Lipinski definition) is 4. The highest BCUT2D eigenvalue weighted by Crippen LogP contribution is 2.31. The van der Waals surface area contributed by atoms with Gasteiger partial charge in [0.15, 0.2) is 0 Å². The predicted octanol–water partition coefficient (Wildman–Crippen LogP) is 3.12. The van der Waals surface area contributed by atoms with Gasteiger partial charge in [-0.05, 0) is 22.4 Å². The molecule has 0 aliphatic heterocycles. The molecule has 20 heavy (non-hydrogen) atoms. The molecule has 0 aliphatic rings. The van der Waals surface area contributed by atoms with E-state index in [1.54, 1.807) is 30.3 Å². The molecule has 3 aromatic rings. The molecule has 100 valence electrons. The van der Waals surface area contributed by atoms with Crippen LogP contribution in [0, 0.1) is 10.1 Å². The third kappa shape index (κ3) is 1.97. The van der Waals surface area contributed by atoms with E-state index >= 15 is 0 Å². The number of aliphatic carboxylic acids is 1. The highest BCUT2D eigenvalue weighted by Gasteiger charge is 2.15. The van der Waals surface area contributed by atoms with Gasteiger partial charge in [-0.2, -0.15) is 0 Å². The summed E-state index contributed by atoms with van der Waals surface area (Å²) in [6.45, 7) is 0. The third-order valence-corrected chi connectivity index (χ3v) is 3.10. The van der Waals surface area contributed by atoms with Gasteiger partial charge in [0.25, 0.3) is 0 Å². The molecule has 0 radical (unpaired) electrons. The molecule has 0 bridgehead atoms. The Hall–Kier alpha value is -2.89. The lowest BCUT2D eigenvalue weighted by molar-refractivity contribution is -0.401. The van der Waals surface area contributed by atoms with Gasteiger partial charge in [-0.3, -0.25) is 14.9 Å². The number of carboxylic acid groups (broad SMARTS) is 1. The molecule has 2 aromatic carbocycles. The zero-order valence-corrected chi connectivity index (χ0v) is 10.2. The minimum atomic E-state index is -0.899. The first-order valence-electron chi connectivity index (χ1n) is 5.86. The molecule has 0 unspecified atom stereocenters. The molecule has 0 saturated carbocycles. The van der Waals surface area contributed by atoms with Crippen LogP contribution in [-0.2, 0) is 11.2 Å². The highest BCUT2D eigenvalue weighted by atomic mass is 16.6. The monoisotopic (exact) mass is 271 g/mol. The van der Waals surface area contributed by atoms with Crippen molar-refractivity contribution in [2.24, 2.45) is 0 Å². The maximum absolute atomic E-state index is 10.7. The Bertz CT molecular complexity index is 849. The van der Waals surface area contributed by atoms with Crippen LogP contribution in [0.4, 0.5) is 5.88 Å². The second-order valence-corrected chi connectivity index (χ2v) is 4.45. The normalized spacial score (nSPS) is 11.0. The first-order valence-corrected chi connectivity index (χ1v) is 5.86. The number of furan rings is 1. The largest absolute Gasteiger partial charge is 0.481 e. The fourth-order valence-corrected chi connectivity index (χ4v) is 2.26. The molecule has 1 heterocycles. The Labute approximate surface area is 112 Å². The Morgan fingerprint density at radius 2 is 2.00 bits per heavy atom. The number of fused-ring (bicyclic) bond motifs is 3. The number of benzene rings is 2. The molecule has 6 nitrogen and oxygen atoms in total. The molecule has 0 saturated heterocycles. The molecule has 0 atom stereocenters. The van der Waals surface area contributed by atoms with Crippen LogP contribution < -0.4 is 0 Å². The highest BCUT2D eigenvalue weighted by molar-refractivity contribution is 6.06. The van der Waals surface area contributed by atoms with E-state index in [9.17, 15) is 14.9 Å². The van der Waals surface area contributed by atoms with E-state index in [0.717, 1.165) is 10.8 Å². The molecule has 0 spiro atoms. The van der Waals surface area contributed by atoms with Gasteiger partial charge in [0.1, 0.15) is 10.5 Å². The topological polar surface area (TPSA) is 93.6 Å². The SMILES string of the molecule is O=C(O)Cc1ccc2c(ccc3oc([N+](=O)[O-])cc32)c1. The second-order valence-electron chi connectivity index (χ2n) is 4.45. The molecule has 1 aromatic heterocycles. The number of carbonyl (C=O) groups is 1. The fraction of sp³-hybridized carbons (Fsp3) is 0.0714. The summed E-state index contributed by atoms with van der Waals surface area (Å²) in [5, 5.41) is 21.8. The standard InChI is InChI=1S/C14H9NO5/c16-14(17)6-8-1-3-10-9(5-8)2-4-12-11(10)7-13(20-12)15(18)19/h1-5,7H,6H2,(H,16,17). The van der Waals surface area contributed by atoms with Gasteiger partial charge < -0.3 is 9.52 Å². The van der Waals surface area contributed by atoms with Crippen LogP contribution in [0.2, 0.25) is 0 Å². The maximum atomic E-state index is 10.7. The fourth-order valence-electron chi connectivity index (χ4n) is 2.26. The predicted molar refractivity (Wildman–Crippen MR) is 71.7 cm³/mol. The summed E-state index contributed by atoms with van der Waals surface area (Å²) in [5.41, 5.74) is 1.12. The third-order valence-electron chi connectivity index (χ3n) is 3.10. The summed E-state index contributed by atoms with van der Waals surface area (Å²) < 4.78 is 5.14. The van der Waals surface area contributed by atoms with Crippen molar-refractivity contribution in [1.82, 2.24) is 0 Å². The molecule has 1 N–H and O–H groups in total. The summed E-state index contributed by atoms with van der Waals surface area (Å²) in [5.74, 6) is -1.20. The lowest BCUT2D eigenvalue weighted by atomic mass is 10.0. The Morgan fingerprint density at radius 3 is 2.70 bits per heavy atom. The van der Waals surface area contributed by atoms with Crippen molar-refractivity contribution in [2.75, 3.05) is 0 Å². The van der Waals surface area contributed by atoms with Gasteiger partial charge in [-0.15, -0.1) is 0 Å². The van der Waals surface area contributed by atoms with E-state index in [0.29, 0.717) is 16.5 Å².